The van der Waals surface area contributed by atoms with Gasteiger partial charge in [-0.15, -0.1) is 13.2 Å². The van der Waals surface area contributed by atoms with Crippen molar-refractivity contribution in [3.8, 4) is 16.9 Å². The zero-order chi connectivity index (χ0) is 26.6. The monoisotopic (exact) mass is 505 g/mol. The molecule has 0 radical (unpaired) electrons. The lowest BCUT2D eigenvalue weighted by molar-refractivity contribution is -0.274. The minimum Gasteiger partial charge on any atom is -0.481 e. The molecule has 2 unspecified atom stereocenters. The molecule has 2 aromatic carbocycles. The van der Waals surface area contributed by atoms with Gasteiger partial charge in [0.15, 0.2) is 11.8 Å². The van der Waals surface area contributed by atoms with Crippen molar-refractivity contribution in [2.24, 2.45) is 0 Å². The van der Waals surface area contributed by atoms with Crippen LogP contribution in [0.4, 0.5) is 18.0 Å². The summed E-state index contributed by atoms with van der Waals surface area (Å²) in [6, 6.07) is 8.06. The number of nitrogens with one attached hydrogen (secondary N) is 2. The first-order chi connectivity index (χ1) is 16.8. The molecule has 1 aliphatic heterocycles. The Balaban J connectivity index is 1.79. The van der Waals surface area contributed by atoms with Gasteiger partial charge in [-0.3, -0.25) is 14.4 Å². The number of aliphatic carboxylic acids is 1. The first-order valence-corrected chi connectivity index (χ1v) is 10.6. The minimum absolute atomic E-state index is 0.267. The van der Waals surface area contributed by atoms with Crippen molar-refractivity contribution in [1.82, 2.24) is 15.5 Å². The first kappa shape index (κ1) is 26.3. The predicted molar refractivity (Wildman–Crippen MR) is 121 cm³/mol. The summed E-state index contributed by atoms with van der Waals surface area (Å²) < 4.78 is 41.0. The number of carbonyl (C=O) groups is 4. The summed E-state index contributed by atoms with van der Waals surface area (Å²) in [5, 5.41) is 14.1. The number of hydrogen-bond acceptors (Lipinski definition) is 5. The quantitative estimate of drug-likeness (QED) is 0.496. The number of Topliss-reactive ketones (excluding diaryl/α,β-unsaturated/α-hetero) is 1. The average molecular weight is 505 g/mol. The Bertz CT molecular complexity index is 1210. The topological polar surface area (TPSA) is 125 Å². The number of amides is 3. The van der Waals surface area contributed by atoms with Crippen molar-refractivity contribution in [2.45, 2.75) is 31.8 Å². The van der Waals surface area contributed by atoms with E-state index in [4.69, 9.17) is 0 Å². The summed E-state index contributed by atoms with van der Waals surface area (Å²) in [4.78, 5) is 49.9. The highest BCUT2D eigenvalue weighted by molar-refractivity contribution is 6.16. The van der Waals surface area contributed by atoms with Gasteiger partial charge in [-0.2, -0.15) is 0 Å². The molecule has 0 bridgehead atoms. The van der Waals surface area contributed by atoms with E-state index in [0.717, 1.165) is 12.1 Å². The Morgan fingerprint density at radius 1 is 1.11 bits per heavy atom. The van der Waals surface area contributed by atoms with Crippen LogP contribution in [0.5, 0.6) is 5.75 Å². The second-order valence-corrected chi connectivity index (χ2v) is 8.02. The SMILES string of the molecule is CC1=CN(C)C(=O)C(NC(=O)NC(CC(=O)O)c2cccc(-c3ccc(OC(F)(F)F)cc3)c2)C1=O. The number of benzene rings is 2. The molecule has 0 aliphatic carbocycles. The number of urea groups is 1. The highest BCUT2D eigenvalue weighted by Crippen LogP contribution is 2.28. The lowest BCUT2D eigenvalue weighted by Gasteiger charge is -2.27. The van der Waals surface area contributed by atoms with Crippen LogP contribution < -0.4 is 15.4 Å². The second kappa shape index (κ2) is 10.5. The summed E-state index contributed by atoms with van der Waals surface area (Å²) in [7, 11) is 1.44. The number of halogens is 3. The van der Waals surface area contributed by atoms with Crippen molar-refractivity contribution in [3.63, 3.8) is 0 Å². The summed E-state index contributed by atoms with van der Waals surface area (Å²) in [6.45, 7) is 1.50. The molecule has 12 heteroatoms. The normalized spacial score (nSPS) is 16.8. The van der Waals surface area contributed by atoms with E-state index in [0.29, 0.717) is 16.7 Å². The Kier molecular flexibility index (Phi) is 7.66. The van der Waals surface area contributed by atoms with Gasteiger partial charge in [-0.1, -0.05) is 30.3 Å². The largest absolute Gasteiger partial charge is 0.573 e. The minimum atomic E-state index is -4.82. The number of carboxylic acid groups (broad SMARTS) is 1. The van der Waals surface area contributed by atoms with E-state index in [9.17, 15) is 37.5 Å². The number of ether oxygens (including phenoxy) is 1. The van der Waals surface area contributed by atoms with E-state index in [1.807, 2.05) is 0 Å². The highest BCUT2D eigenvalue weighted by atomic mass is 19.4. The van der Waals surface area contributed by atoms with Crippen LogP contribution in [-0.4, -0.2) is 53.1 Å². The lowest BCUT2D eigenvalue weighted by atomic mass is 9.97. The van der Waals surface area contributed by atoms with Crippen LogP contribution in [0.1, 0.15) is 24.9 Å². The van der Waals surface area contributed by atoms with E-state index in [1.165, 1.54) is 37.2 Å². The van der Waals surface area contributed by atoms with Crippen molar-refractivity contribution >= 4 is 23.7 Å². The molecular formula is C24H22F3N3O6. The molecule has 1 heterocycles. The molecule has 0 spiro atoms. The Morgan fingerprint density at radius 3 is 2.39 bits per heavy atom. The summed E-state index contributed by atoms with van der Waals surface area (Å²) in [5.41, 5.74) is 1.72. The number of hydrogen-bond donors (Lipinski definition) is 3. The molecule has 2 atom stereocenters. The fraction of sp³-hybridized carbons (Fsp3) is 0.250. The molecule has 3 amide bonds. The predicted octanol–water partition coefficient (Wildman–Crippen LogP) is 3.38. The van der Waals surface area contributed by atoms with Gasteiger partial charge in [0.2, 0.25) is 0 Å². The number of ketones is 1. The smallest absolute Gasteiger partial charge is 0.481 e. The molecule has 0 saturated heterocycles. The summed E-state index contributed by atoms with van der Waals surface area (Å²) in [5.74, 6) is -2.84. The molecule has 0 aromatic heterocycles. The molecule has 3 rings (SSSR count). The second-order valence-electron chi connectivity index (χ2n) is 8.02. The Labute approximate surface area is 203 Å². The van der Waals surface area contributed by atoms with Crippen molar-refractivity contribution in [2.75, 3.05) is 7.05 Å². The first-order valence-electron chi connectivity index (χ1n) is 10.6. The molecular weight excluding hydrogens is 483 g/mol. The van der Waals surface area contributed by atoms with Crippen LogP contribution in [0, 0.1) is 0 Å². The van der Waals surface area contributed by atoms with Gasteiger partial charge in [-0.05, 0) is 41.8 Å². The van der Waals surface area contributed by atoms with Crippen molar-refractivity contribution in [3.05, 3.63) is 65.9 Å². The van der Waals surface area contributed by atoms with Gasteiger partial charge in [0, 0.05) is 18.8 Å². The van der Waals surface area contributed by atoms with Gasteiger partial charge >= 0.3 is 18.4 Å². The summed E-state index contributed by atoms with van der Waals surface area (Å²) in [6.07, 6.45) is -3.99. The molecule has 36 heavy (non-hydrogen) atoms. The van der Waals surface area contributed by atoms with Crippen molar-refractivity contribution < 1.29 is 42.2 Å². The fourth-order valence-corrected chi connectivity index (χ4v) is 3.63. The van der Waals surface area contributed by atoms with Crippen LogP contribution in [0.15, 0.2) is 60.3 Å². The maximum atomic E-state index is 12.6. The van der Waals surface area contributed by atoms with E-state index >= 15 is 0 Å². The van der Waals surface area contributed by atoms with Crippen LogP contribution in [-0.2, 0) is 14.4 Å². The maximum absolute atomic E-state index is 12.6. The van der Waals surface area contributed by atoms with Gasteiger partial charge in [-0.25, -0.2) is 4.79 Å². The Hall–Kier alpha value is -4.35. The zero-order valence-electron chi connectivity index (χ0n) is 19.1. The van der Waals surface area contributed by atoms with Crippen LogP contribution in [0.2, 0.25) is 0 Å². The number of rotatable bonds is 7. The molecule has 0 fully saturated rings. The molecule has 3 N–H and O–H groups in total. The van der Waals surface area contributed by atoms with Gasteiger partial charge in [0.1, 0.15) is 5.75 Å². The Morgan fingerprint density at radius 2 is 1.78 bits per heavy atom. The van der Waals surface area contributed by atoms with Gasteiger partial charge in [0.25, 0.3) is 5.91 Å². The number of nitrogens with zero attached hydrogens (tertiary/aromatic N) is 1. The van der Waals surface area contributed by atoms with E-state index < -0.39 is 54.3 Å². The molecule has 0 saturated carbocycles. The van der Waals surface area contributed by atoms with Crippen LogP contribution in [0.3, 0.4) is 0 Å². The van der Waals surface area contributed by atoms with Crippen molar-refractivity contribution in [1.29, 1.82) is 0 Å². The third kappa shape index (κ3) is 6.62. The standard InChI is InChI=1S/C24H22F3N3O6/c1-13-12-30(2)22(34)20(21(13)33)29-23(35)28-18(11-19(31)32)16-5-3-4-15(10-16)14-6-8-17(9-7-14)36-24(25,26)27/h3-10,12,18,20H,11H2,1-2H3,(H,31,32)(H2,28,29,35). The third-order valence-corrected chi connectivity index (χ3v) is 5.30. The maximum Gasteiger partial charge on any atom is 0.573 e. The average Bonchev–Trinajstić information content (AvgIpc) is 2.79. The van der Waals surface area contributed by atoms with Crippen LogP contribution >= 0.6 is 0 Å². The third-order valence-electron chi connectivity index (χ3n) is 5.30. The fourth-order valence-electron chi connectivity index (χ4n) is 3.63. The molecule has 9 nitrogen and oxygen atoms in total. The van der Waals surface area contributed by atoms with E-state index in [2.05, 4.69) is 15.4 Å². The number of carbonyl (C=O) groups excluding carboxylic acids is 3. The molecule has 2 aromatic rings. The number of alkyl halides is 3. The number of carboxylic acids is 1. The molecule has 1 aliphatic rings. The highest BCUT2D eigenvalue weighted by Gasteiger charge is 2.35. The zero-order valence-corrected chi connectivity index (χ0v) is 19.1. The van der Waals surface area contributed by atoms with E-state index in [-0.39, 0.29) is 5.57 Å². The van der Waals surface area contributed by atoms with Gasteiger partial charge < -0.3 is 25.4 Å². The molecule has 190 valence electrons. The van der Waals surface area contributed by atoms with Gasteiger partial charge in [0.05, 0.1) is 12.5 Å². The lowest BCUT2D eigenvalue weighted by Crippen LogP contribution is -2.56. The summed E-state index contributed by atoms with van der Waals surface area (Å²) >= 11 is 0. The number of likely N-dealkylation sites (N-methyl/N-ethyl adjacent to an activating group) is 1. The van der Waals surface area contributed by atoms with E-state index in [1.54, 1.807) is 24.3 Å². The van der Waals surface area contributed by atoms with Crippen LogP contribution in [0.25, 0.3) is 11.1 Å².